The maximum Gasteiger partial charge on any atom is 0.164 e. The number of benzene rings is 9. The van der Waals surface area contributed by atoms with E-state index in [1.165, 1.54) is 32.9 Å². The molecule has 0 spiro atoms. The minimum atomic E-state index is 0.554. The van der Waals surface area contributed by atoms with Crippen molar-refractivity contribution in [3.05, 3.63) is 206 Å². The Kier molecular flexibility index (Phi) is 7.80. The third-order valence-electron chi connectivity index (χ3n) is 12.3. The Morgan fingerprint density at radius 1 is 0.302 bits per heavy atom. The Bertz CT molecular complexity index is 3850. The fourth-order valence-corrected chi connectivity index (χ4v) is 9.27. The average molecular weight is 807 g/mol. The lowest BCUT2D eigenvalue weighted by atomic mass is 9.96. The third kappa shape index (κ3) is 5.76. The van der Waals surface area contributed by atoms with Gasteiger partial charge in [-0.05, 0) is 82.9 Å². The molecule has 0 saturated carbocycles. The van der Waals surface area contributed by atoms with Gasteiger partial charge in [-0.15, -0.1) is 0 Å². The summed E-state index contributed by atoms with van der Waals surface area (Å²) >= 11 is 0. The molecule has 0 amide bonds. The molecular formula is C57H34N4O2. The number of furan rings is 2. The molecule has 6 nitrogen and oxygen atoms in total. The van der Waals surface area contributed by atoms with Gasteiger partial charge in [0.05, 0.1) is 11.0 Å². The largest absolute Gasteiger partial charge is 0.456 e. The Labute approximate surface area is 361 Å². The van der Waals surface area contributed by atoms with E-state index in [9.17, 15) is 0 Å². The quantitative estimate of drug-likeness (QED) is 0.167. The minimum absolute atomic E-state index is 0.554. The van der Waals surface area contributed by atoms with Crippen LogP contribution in [0, 0.1) is 0 Å². The number of hydrogen-bond acceptors (Lipinski definition) is 5. The lowest BCUT2D eigenvalue weighted by molar-refractivity contribution is 0.668. The molecule has 0 aliphatic heterocycles. The Hall–Kier alpha value is -8.61. The number of aromatic nitrogens is 4. The van der Waals surface area contributed by atoms with Gasteiger partial charge in [0.15, 0.2) is 17.5 Å². The van der Waals surface area contributed by atoms with E-state index in [1.807, 2.05) is 54.6 Å². The highest BCUT2D eigenvalue weighted by Gasteiger charge is 2.19. The van der Waals surface area contributed by atoms with Crippen molar-refractivity contribution < 1.29 is 8.83 Å². The summed E-state index contributed by atoms with van der Waals surface area (Å²) in [4.78, 5) is 15.2. The zero-order chi connectivity index (χ0) is 41.4. The number of para-hydroxylation sites is 2. The molecule has 0 atom stereocenters. The molecule has 4 heterocycles. The first kappa shape index (κ1) is 35.2. The topological polar surface area (TPSA) is 69.9 Å². The SMILES string of the molecule is c1ccc(-c2ccc(-c3cccc4oc5cc(-c6nc(-c7ccccc7)nc(-c7ccc8c(c7)oc7ccc(-n9c%10ccccc%10c%10ccccc%109)cc78)n6)ccc5c34)cc2)cc1. The second-order valence-corrected chi connectivity index (χ2v) is 16.0. The fraction of sp³-hybridized carbons (Fsp3) is 0. The Balaban J connectivity index is 0.904. The monoisotopic (exact) mass is 806 g/mol. The van der Waals surface area contributed by atoms with Crippen LogP contribution in [0.25, 0.3) is 128 Å². The second-order valence-electron chi connectivity index (χ2n) is 16.0. The van der Waals surface area contributed by atoms with Crippen LogP contribution in [0.5, 0.6) is 0 Å². The van der Waals surface area contributed by atoms with Gasteiger partial charge >= 0.3 is 0 Å². The number of nitrogens with zero attached hydrogens (tertiary/aromatic N) is 4. The van der Waals surface area contributed by atoms with Crippen molar-refractivity contribution in [2.24, 2.45) is 0 Å². The Morgan fingerprint density at radius 3 is 1.51 bits per heavy atom. The first-order valence-electron chi connectivity index (χ1n) is 21.1. The van der Waals surface area contributed by atoms with Gasteiger partial charge in [-0.1, -0.05) is 146 Å². The van der Waals surface area contributed by atoms with E-state index >= 15 is 0 Å². The first-order valence-corrected chi connectivity index (χ1v) is 21.1. The highest BCUT2D eigenvalue weighted by Crippen LogP contribution is 2.40. The second kappa shape index (κ2) is 14.0. The van der Waals surface area contributed by atoms with E-state index in [4.69, 9.17) is 23.8 Å². The fourth-order valence-electron chi connectivity index (χ4n) is 9.27. The molecular weight excluding hydrogens is 773 g/mol. The zero-order valence-electron chi connectivity index (χ0n) is 33.7. The molecule has 0 aliphatic carbocycles. The minimum Gasteiger partial charge on any atom is -0.456 e. The van der Waals surface area contributed by atoms with Gasteiger partial charge in [0, 0.05) is 54.7 Å². The maximum absolute atomic E-state index is 6.57. The lowest BCUT2D eigenvalue weighted by Crippen LogP contribution is -2.00. The van der Waals surface area contributed by atoms with E-state index in [0.29, 0.717) is 17.5 Å². The standard InChI is InChI=1S/C57H34N4O2/c1-3-12-35(13-4-1)36-22-24-37(25-23-36)42-18-11-21-51-54(42)46-30-27-40(33-53(46)63-51)57-59-55(38-14-5-2-6-15-38)58-56(60-57)39-26-29-45-47-34-41(28-31-50(47)62-52(45)32-39)61-48-19-9-7-16-43(48)44-17-8-10-20-49(44)61/h1-34H. The molecule has 0 fully saturated rings. The third-order valence-corrected chi connectivity index (χ3v) is 12.3. The molecule has 63 heavy (non-hydrogen) atoms. The van der Waals surface area contributed by atoms with Crippen LogP contribution < -0.4 is 0 Å². The van der Waals surface area contributed by atoms with Crippen molar-refractivity contribution in [3.63, 3.8) is 0 Å². The van der Waals surface area contributed by atoms with Crippen LogP contribution in [-0.2, 0) is 0 Å². The summed E-state index contributed by atoms with van der Waals surface area (Å²) in [6, 6.07) is 71.6. The molecule has 0 unspecified atom stereocenters. The van der Waals surface area contributed by atoms with Crippen molar-refractivity contribution in [3.8, 4) is 62.1 Å². The van der Waals surface area contributed by atoms with Crippen LogP contribution in [0.1, 0.15) is 0 Å². The summed E-state index contributed by atoms with van der Waals surface area (Å²) in [5.74, 6) is 1.69. The predicted molar refractivity (Wildman–Crippen MR) is 256 cm³/mol. The Morgan fingerprint density at radius 2 is 0.825 bits per heavy atom. The van der Waals surface area contributed by atoms with E-state index in [1.54, 1.807) is 0 Å². The highest BCUT2D eigenvalue weighted by atomic mass is 16.3. The zero-order valence-corrected chi connectivity index (χ0v) is 33.7. The molecule has 4 aromatic heterocycles. The summed E-state index contributed by atoms with van der Waals surface area (Å²) in [5, 5.41) is 6.64. The van der Waals surface area contributed by atoms with E-state index < -0.39 is 0 Å². The molecule has 0 aliphatic rings. The van der Waals surface area contributed by atoms with Crippen LogP contribution in [0.2, 0.25) is 0 Å². The van der Waals surface area contributed by atoms with Gasteiger partial charge in [0.2, 0.25) is 0 Å². The van der Waals surface area contributed by atoms with E-state index in [0.717, 1.165) is 77.4 Å². The van der Waals surface area contributed by atoms with Crippen molar-refractivity contribution in [1.29, 1.82) is 0 Å². The molecule has 13 aromatic rings. The van der Waals surface area contributed by atoms with Crippen molar-refractivity contribution in [2.45, 2.75) is 0 Å². The van der Waals surface area contributed by atoms with E-state index in [-0.39, 0.29) is 0 Å². The molecule has 13 rings (SSSR count). The van der Waals surface area contributed by atoms with Crippen LogP contribution in [0.15, 0.2) is 215 Å². The highest BCUT2D eigenvalue weighted by molar-refractivity contribution is 6.13. The molecule has 9 aromatic carbocycles. The van der Waals surface area contributed by atoms with Gasteiger partial charge in [-0.3, -0.25) is 0 Å². The molecule has 0 radical (unpaired) electrons. The smallest absolute Gasteiger partial charge is 0.164 e. The molecule has 0 saturated heterocycles. The van der Waals surface area contributed by atoms with Gasteiger partial charge in [-0.25, -0.2) is 15.0 Å². The van der Waals surface area contributed by atoms with Crippen molar-refractivity contribution in [1.82, 2.24) is 19.5 Å². The molecule has 294 valence electrons. The summed E-state index contributed by atoms with van der Waals surface area (Å²) in [7, 11) is 0. The molecule has 0 bridgehead atoms. The van der Waals surface area contributed by atoms with Gasteiger partial charge in [0.1, 0.15) is 22.3 Å². The summed E-state index contributed by atoms with van der Waals surface area (Å²) in [6.45, 7) is 0. The summed E-state index contributed by atoms with van der Waals surface area (Å²) in [5.41, 5.74) is 13.8. The van der Waals surface area contributed by atoms with Gasteiger partial charge < -0.3 is 13.4 Å². The van der Waals surface area contributed by atoms with Crippen LogP contribution in [0.3, 0.4) is 0 Å². The summed E-state index contributed by atoms with van der Waals surface area (Å²) < 4.78 is 15.4. The lowest BCUT2D eigenvalue weighted by Gasteiger charge is -2.09. The number of fused-ring (bicyclic) bond motifs is 9. The molecule has 6 heteroatoms. The van der Waals surface area contributed by atoms with Crippen LogP contribution >= 0.6 is 0 Å². The number of hydrogen-bond donors (Lipinski definition) is 0. The van der Waals surface area contributed by atoms with Gasteiger partial charge in [-0.2, -0.15) is 0 Å². The molecule has 0 N–H and O–H groups in total. The van der Waals surface area contributed by atoms with Crippen LogP contribution in [-0.4, -0.2) is 19.5 Å². The van der Waals surface area contributed by atoms with E-state index in [2.05, 4.69) is 156 Å². The number of rotatable bonds is 6. The maximum atomic E-state index is 6.57. The normalized spacial score (nSPS) is 11.8. The summed E-state index contributed by atoms with van der Waals surface area (Å²) in [6.07, 6.45) is 0. The average Bonchev–Trinajstić information content (AvgIpc) is 4.03. The first-order chi connectivity index (χ1) is 31.2. The van der Waals surface area contributed by atoms with Crippen molar-refractivity contribution >= 4 is 65.7 Å². The van der Waals surface area contributed by atoms with Crippen LogP contribution in [0.4, 0.5) is 0 Å². The van der Waals surface area contributed by atoms with Gasteiger partial charge in [0.25, 0.3) is 0 Å². The predicted octanol–water partition coefficient (Wildman–Crippen LogP) is 15.1. The van der Waals surface area contributed by atoms with Crippen molar-refractivity contribution in [2.75, 3.05) is 0 Å².